The van der Waals surface area contributed by atoms with Crippen molar-refractivity contribution in [1.29, 1.82) is 0 Å². The Morgan fingerprint density at radius 2 is 1.16 bits per heavy atom. The molecule has 208 valence electrons. The van der Waals surface area contributed by atoms with Gasteiger partial charge in [-0.25, -0.2) is 4.98 Å². The van der Waals surface area contributed by atoms with Crippen LogP contribution in [0.4, 0.5) is 0 Å². The summed E-state index contributed by atoms with van der Waals surface area (Å²) < 4.78 is 1.75. The molecule has 0 saturated heterocycles. The monoisotopic (exact) mass is 569 g/mol. The minimum atomic E-state index is -0.229. The average molecular weight is 570 g/mol. The number of carbonyl (C=O) groups excluding carboxylic acids is 2. The molecule has 0 N–H and O–H groups in total. The summed E-state index contributed by atoms with van der Waals surface area (Å²) >= 11 is 0. The highest BCUT2D eigenvalue weighted by Gasteiger charge is 2.34. The minimum absolute atomic E-state index is 0.0895. The van der Waals surface area contributed by atoms with Crippen LogP contribution in [-0.4, -0.2) is 32.6 Å². The molecule has 0 radical (unpaired) electrons. The van der Waals surface area contributed by atoms with Gasteiger partial charge in [0.05, 0.1) is 11.0 Å². The van der Waals surface area contributed by atoms with Crippen molar-refractivity contribution in [2.75, 3.05) is 6.54 Å². The van der Waals surface area contributed by atoms with E-state index in [2.05, 4.69) is 43.3 Å². The molecule has 6 heteroatoms. The second-order valence-corrected chi connectivity index (χ2v) is 12.0. The molecule has 44 heavy (non-hydrogen) atoms. The molecule has 0 saturated carbocycles. The van der Waals surface area contributed by atoms with E-state index >= 15 is 0 Å². The van der Waals surface area contributed by atoms with E-state index in [4.69, 9.17) is 4.98 Å². The van der Waals surface area contributed by atoms with Crippen LogP contribution < -0.4 is 5.56 Å². The van der Waals surface area contributed by atoms with Crippen LogP contribution in [0.5, 0.6) is 0 Å². The van der Waals surface area contributed by atoms with E-state index in [1.807, 2.05) is 48.5 Å². The molecule has 0 fully saturated rings. The third kappa shape index (κ3) is 2.72. The fraction of sp³-hybridized carbons (Fsp3) is 0.105. The van der Waals surface area contributed by atoms with Crippen LogP contribution in [0.2, 0.25) is 0 Å². The molecule has 9 aromatic rings. The smallest absolute Gasteiger partial charge is 0.264 e. The minimum Gasteiger partial charge on any atom is -0.274 e. The Morgan fingerprint density at radius 3 is 1.82 bits per heavy atom. The lowest BCUT2D eigenvalue weighted by Gasteiger charge is -2.28. The van der Waals surface area contributed by atoms with Crippen molar-refractivity contribution in [3.63, 3.8) is 0 Å². The van der Waals surface area contributed by atoms with Crippen LogP contribution in [0, 0.1) is 0 Å². The second kappa shape index (κ2) is 8.05. The van der Waals surface area contributed by atoms with E-state index in [1.165, 1.54) is 4.90 Å². The average Bonchev–Trinajstić information content (AvgIpc) is 3.43. The number of rotatable bonds is 3. The fourth-order valence-corrected chi connectivity index (χ4v) is 7.78. The number of nitrogens with zero attached hydrogens (tertiary/aromatic N) is 3. The standard InChI is InChI=1S/C38H23N3O3/c1-2-3-16-40-36(42)26-13-9-23-21-8-12-25-33-28(15-11-22(31(21)33)24-10-14-27(37(40)43)34(26)32(23)24)38(44)41-30-18-20-7-5-4-6-19(20)17-29(30)39-35(25)41/h4-15,17-18H,2-3,16H2,1H3. The van der Waals surface area contributed by atoms with Gasteiger partial charge in [-0.15, -0.1) is 0 Å². The Kier molecular flexibility index (Phi) is 4.37. The summed E-state index contributed by atoms with van der Waals surface area (Å²) in [5, 5.41) is 11.2. The molecule has 10 rings (SSSR count). The molecule has 1 aliphatic rings. The maximum atomic E-state index is 14.2. The number of hydrogen-bond donors (Lipinski definition) is 0. The second-order valence-electron chi connectivity index (χ2n) is 12.0. The van der Waals surface area contributed by atoms with Crippen LogP contribution in [0.3, 0.4) is 0 Å². The molecular formula is C38H23N3O3. The van der Waals surface area contributed by atoms with Crippen LogP contribution in [0.25, 0.3) is 81.3 Å². The number of pyridine rings is 1. The van der Waals surface area contributed by atoms with Gasteiger partial charge in [0.15, 0.2) is 0 Å². The Hall–Kier alpha value is -5.62. The number of imide groups is 1. The van der Waals surface area contributed by atoms with Gasteiger partial charge in [0.1, 0.15) is 5.65 Å². The highest BCUT2D eigenvalue weighted by Crippen LogP contribution is 2.46. The highest BCUT2D eigenvalue weighted by atomic mass is 16.2. The van der Waals surface area contributed by atoms with Gasteiger partial charge in [-0.3, -0.25) is 23.7 Å². The predicted molar refractivity (Wildman–Crippen MR) is 177 cm³/mol. The summed E-state index contributed by atoms with van der Waals surface area (Å²) in [6.45, 7) is 2.47. The first kappa shape index (κ1) is 23.9. The predicted octanol–water partition coefficient (Wildman–Crippen LogP) is 8.04. The van der Waals surface area contributed by atoms with Crippen molar-refractivity contribution in [2.24, 2.45) is 0 Å². The van der Waals surface area contributed by atoms with Crippen molar-refractivity contribution in [3.8, 4) is 0 Å². The summed E-state index contributed by atoms with van der Waals surface area (Å²) in [5.41, 5.74) is 3.29. The number of aromatic nitrogens is 2. The van der Waals surface area contributed by atoms with Crippen LogP contribution >= 0.6 is 0 Å². The molecule has 0 unspecified atom stereocenters. The lowest BCUT2D eigenvalue weighted by atomic mass is 9.84. The van der Waals surface area contributed by atoms with Gasteiger partial charge < -0.3 is 0 Å². The van der Waals surface area contributed by atoms with Crippen molar-refractivity contribution < 1.29 is 9.59 Å². The Labute approximate surface area is 249 Å². The Morgan fingerprint density at radius 1 is 0.614 bits per heavy atom. The number of imidazole rings is 1. The number of hydrogen-bond acceptors (Lipinski definition) is 4. The topological polar surface area (TPSA) is 71.8 Å². The van der Waals surface area contributed by atoms with Gasteiger partial charge in [-0.2, -0.15) is 0 Å². The van der Waals surface area contributed by atoms with Gasteiger partial charge in [0.25, 0.3) is 17.4 Å². The summed E-state index contributed by atoms with van der Waals surface area (Å²) in [4.78, 5) is 47.8. The number of carbonyl (C=O) groups is 2. The third-order valence-electron chi connectivity index (χ3n) is 9.78. The van der Waals surface area contributed by atoms with Crippen LogP contribution in [0.1, 0.15) is 40.5 Å². The van der Waals surface area contributed by atoms with Crippen LogP contribution in [0.15, 0.2) is 89.7 Å². The first-order valence-electron chi connectivity index (χ1n) is 15.1. The summed E-state index contributed by atoms with van der Waals surface area (Å²) in [6, 6.07) is 28.1. The molecule has 3 heterocycles. The molecule has 0 spiro atoms. The molecular weight excluding hydrogens is 546 g/mol. The number of unbranched alkanes of at least 4 members (excludes halogenated alkanes) is 1. The number of benzene rings is 7. The van der Waals surface area contributed by atoms with Crippen molar-refractivity contribution in [2.45, 2.75) is 19.8 Å². The Bertz CT molecular complexity index is 2760. The van der Waals surface area contributed by atoms with E-state index in [-0.39, 0.29) is 17.4 Å². The van der Waals surface area contributed by atoms with Gasteiger partial charge in [0.2, 0.25) is 0 Å². The molecule has 0 bridgehead atoms. The van der Waals surface area contributed by atoms with E-state index in [0.717, 1.165) is 83.1 Å². The summed E-state index contributed by atoms with van der Waals surface area (Å²) in [5.74, 6) is -0.458. The van der Waals surface area contributed by atoms with Crippen LogP contribution in [-0.2, 0) is 0 Å². The maximum Gasteiger partial charge on any atom is 0.264 e. The summed E-state index contributed by atoms with van der Waals surface area (Å²) in [6.07, 6.45) is 1.67. The van der Waals surface area contributed by atoms with Gasteiger partial charge in [0, 0.05) is 39.2 Å². The van der Waals surface area contributed by atoms with E-state index in [0.29, 0.717) is 28.7 Å². The van der Waals surface area contributed by atoms with E-state index in [1.54, 1.807) is 4.40 Å². The van der Waals surface area contributed by atoms with Crippen molar-refractivity contribution in [3.05, 3.63) is 106 Å². The number of amides is 2. The molecule has 7 aromatic carbocycles. The lowest BCUT2D eigenvalue weighted by Crippen LogP contribution is -2.40. The summed E-state index contributed by atoms with van der Waals surface area (Å²) in [7, 11) is 0. The van der Waals surface area contributed by atoms with E-state index in [9.17, 15) is 14.4 Å². The SMILES string of the molecule is CCCCN1C(=O)c2ccc3c4ccc5c(=O)n6c7cc8ccccc8cc7nc6c6ccc(c7ccc(c2c37)C1=O)c4c56. The zero-order valence-corrected chi connectivity index (χ0v) is 23.8. The lowest BCUT2D eigenvalue weighted by molar-refractivity contribution is 0.0608. The first-order chi connectivity index (χ1) is 21.5. The zero-order chi connectivity index (χ0) is 29.4. The normalized spacial score (nSPS) is 14.0. The van der Waals surface area contributed by atoms with Gasteiger partial charge in [-0.1, -0.05) is 61.9 Å². The zero-order valence-electron chi connectivity index (χ0n) is 23.8. The van der Waals surface area contributed by atoms with E-state index < -0.39 is 0 Å². The first-order valence-corrected chi connectivity index (χ1v) is 15.1. The molecule has 6 nitrogen and oxygen atoms in total. The number of fused-ring (bicyclic) bond motifs is 7. The Balaban J connectivity index is 1.35. The molecule has 1 aliphatic heterocycles. The molecule has 2 amide bonds. The molecule has 2 aromatic heterocycles. The maximum absolute atomic E-state index is 14.2. The third-order valence-corrected chi connectivity index (χ3v) is 9.78. The van der Waals surface area contributed by atoms with Gasteiger partial charge >= 0.3 is 0 Å². The fourth-order valence-electron chi connectivity index (χ4n) is 7.78. The highest BCUT2D eigenvalue weighted by molar-refractivity contribution is 6.41. The van der Waals surface area contributed by atoms with Crippen molar-refractivity contribution >= 4 is 93.1 Å². The largest absolute Gasteiger partial charge is 0.274 e. The molecule has 0 atom stereocenters. The quantitative estimate of drug-likeness (QED) is 0.123. The van der Waals surface area contributed by atoms with Gasteiger partial charge in [-0.05, 0) is 85.9 Å². The molecule has 0 aliphatic carbocycles. The van der Waals surface area contributed by atoms with Crippen molar-refractivity contribution in [1.82, 2.24) is 14.3 Å².